The fraction of sp³-hybridized carbons (Fsp3) is 0.941. The first-order valence-electron chi connectivity index (χ1n) is 8.57. The number of rotatable bonds is 4. The van der Waals surface area contributed by atoms with Gasteiger partial charge in [0.15, 0.2) is 0 Å². The van der Waals surface area contributed by atoms with E-state index < -0.39 is 0 Å². The molecule has 0 heterocycles. The molecular formula is C17H26ClNO. The fourth-order valence-electron chi connectivity index (χ4n) is 5.92. The molecule has 5 aliphatic rings. The summed E-state index contributed by atoms with van der Waals surface area (Å²) in [4.78, 5) is 15.5. The van der Waals surface area contributed by atoms with Gasteiger partial charge in [0, 0.05) is 18.5 Å². The van der Waals surface area contributed by atoms with Gasteiger partial charge < -0.3 is 4.90 Å². The molecule has 0 N–H and O–H groups in total. The molecule has 5 aliphatic carbocycles. The first kappa shape index (κ1) is 13.4. The number of nitrogens with zero attached hydrogens (tertiary/aromatic N) is 1. The maximum absolute atomic E-state index is 13.3. The highest BCUT2D eigenvalue weighted by molar-refractivity contribution is 6.18. The van der Waals surface area contributed by atoms with Gasteiger partial charge in [0.2, 0.25) is 5.91 Å². The van der Waals surface area contributed by atoms with Gasteiger partial charge in [-0.2, -0.15) is 0 Å². The van der Waals surface area contributed by atoms with Gasteiger partial charge in [0.05, 0.1) is 5.41 Å². The van der Waals surface area contributed by atoms with E-state index in [1.807, 2.05) is 0 Å². The molecule has 0 saturated heterocycles. The van der Waals surface area contributed by atoms with Gasteiger partial charge in [-0.1, -0.05) is 0 Å². The van der Waals surface area contributed by atoms with E-state index in [0.29, 0.717) is 17.8 Å². The summed E-state index contributed by atoms with van der Waals surface area (Å²) in [5, 5.41) is 0. The summed E-state index contributed by atoms with van der Waals surface area (Å²) in [5.74, 6) is 3.63. The summed E-state index contributed by atoms with van der Waals surface area (Å²) in [6.45, 7) is 0.771. The summed E-state index contributed by atoms with van der Waals surface area (Å²) >= 11 is 5.98. The van der Waals surface area contributed by atoms with Gasteiger partial charge in [-0.05, 0) is 75.5 Å². The third-order valence-electron chi connectivity index (χ3n) is 6.59. The fourth-order valence-corrected chi connectivity index (χ4v) is 6.10. The molecule has 0 atom stereocenters. The van der Waals surface area contributed by atoms with Crippen molar-refractivity contribution in [1.29, 1.82) is 0 Å². The molecule has 0 aromatic carbocycles. The minimum atomic E-state index is 0.0242. The van der Waals surface area contributed by atoms with Crippen LogP contribution in [0.5, 0.6) is 0 Å². The van der Waals surface area contributed by atoms with Crippen molar-refractivity contribution in [3.63, 3.8) is 0 Å². The Hall–Kier alpha value is -0.240. The molecule has 2 nitrogen and oxygen atoms in total. The van der Waals surface area contributed by atoms with E-state index in [1.54, 1.807) is 0 Å². The van der Waals surface area contributed by atoms with Crippen molar-refractivity contribution in [2.45, 2.75) is 63.8 Å². The summed E-state index contributed by atoms with van der Waals surface area (Å²) < 4.78 is 0. The Bertz CT molecular complexity index is 369. The Morgan fingerprint density at radius 2 is 1.60 bits per heavy atom. The molecule has 0 unspecified atom stereocenters. The zero-order chi connectivity index (χ0) is 13.7. The van der Waals surface area contributed by atoms with Crippen molar-refractivity contribution in [3.05, 3.63) is 0 Å². The number of carbonyl (C=O) groups excluding carboxylic acids is 1. The molecule has 1 amide bonds. The van der Waals surface area contributed by atoms with Crippen molar-refractivity contribution < 1.29 is 4.79 Å². The molecule has 4 bridgehead atoms. The Kier molecular flexibility index (Phi) is 3.29. The molecular weight excluding hydrogens is 270 g/mol. The van der Waals surface area contributed by atoms with Gasteiger partial charge in [-0.15, -0.1) is 11.6 Å². The van der Waals surface area contributed by atoms with Gasteiger partial charge >= 0.3 is 0 Å². The van der Waals surface area contributed by atoms with Crippen molar-refractivity contribution in [2.75, 3.05) is 12.4 Å². The first-order chi connectivity index (χ1) is 9.70. The molecule has 0 radical (unpaired) electrons. The lowest BCUT2D eigenvalue weighted by molar-refractivity contribution is -0.161. The third kappa shape index (κ3) is 2.01. The van der Waals surface area contributed by atoms with E-state index in [0.717, 1.165) is 24.3 Å². The van der Waals surface area contributed by atoms with Crippen LogP contribution in [0, 0.1) is 23.2 Å². The Balaban J connectivity index is 1.57. The summed E-state index contributed by atoms with van der Waals surface area (Å²) in [7, 11) is 0. The smallest absolute Gasteiger partial charge is 0.229 e. The van der Waals surface area contributed by atoms with Crippen LogP contribution >= 0.6 is 11.6 Å². The van der Waals surface area contributed by atoms with Crippen LogP contribution in [0.4, 0.5) is 0 Å². The van der Waals surface area contributed by atoms with Gasteiger partial charge in [0.25, 0.3) is 0 Å². The predicted molar refractivity (Wildman–Crippen MR) is 80.7 cm³/mol. The van der Waals surface area contributed by atoms with Crippen LogP contribution < -0.4 is 0 Å². The Morgan fingerprint density at radius 3 is 2.00 bits per heavy atom. The molecule has 0 aliphatic heterocycles. The van der Waals surface area contributed by atoms with Crippen LogP contribution in [0.15, 0.2) is 0 Å². The number of alkyl halides is 1. The maximum Gasteiger partial charge on any atom is 0.229 e. The Labute approximate surface area is 127 Å². The average molecular weight is 296 g/mol. The summed E-state index contributed by atoms with van der Waals surface area (Å²) in [6.07, 6.45) is 11.5. The lowest BCUT2D eigenvalue weighted by Gasteiger charge is -2.57. The second-order valence-electron chi connectivity index (χ2n) is 7.97. The van der Waals surface area contributed by atoms with Crippen LogP contribution in [0.1, 0.15) is 57.8 Å². The summed E-state index contributed by atoms with van der Waals surface area (Å²) in [5.41, 5.74) is 0.0242. The second-order valence-corrected chi connectivity index (χ2v) is 8.35. The number of hydrogen-bond donors (Lipinski definition) is 0. The monoisotopic (exact) mass is 295 g/mol. The highest BCUT2D eigenvalue weighted by Crippen LogP contribution is 2.60. The van der Waals surface area contributed by atoms with Crippen molar-refractivity contribution in [1.82, 2.24) is 4.90 Å². The molecule has 5 rings (SSSR count). The number of halogens is 1. The van der Waals surface area contributed by atoms with Crippen LogP contribution in [0.25, 0.3) is 0 Å². The van der Waals surface area contributed by atoms with Gasteiger partial charge in [-0.3, -0.25) is 4.79 Å². The van der Waals surface area contributed by atoms with Crippen molar-refractivity contribution in [2.24, 2.45) is 23.2 Å². The molecule has 3 heteroatoms. The standard InChI is InChI=1S/C17H26ClNO/c18-4-5-19(15-2-1-3-15)16(20)17-9-12-6-13(10-17)8-14(7-12)11-17/h12-15H,1-11H2. The molecule has 20 heavy (non-hydrogen) atoms. The van der Waals surface area contributed by atoms with E-state index >= 15 is 0 Å². The van der Waals surface area contributed by atoms with E-state index in [9.17, 15) is 4.79 Å². The van der Waals surface area contributed by atoms with E-state index in [1.165, 1.54) is 57.8 Å². The van der Waals surface area contributed by atoms with Gasteiger partial charge in [-0.25, -0.2) is 0 Å². The lowest BCUT2D eigenvalue weighted by atomic mass is 9.49. The van der Waals surface area contributed by atoms with E-state index in [2.05, 4.69) is 4.90 Å². The highest BCUT2D eigenvalue weighted by atomic mass is 35.5. The second kappa shape index (κ2) is 4.90. The number of carbonyl (C=O) groups is 1. The first-order valence-corrected chi connectivity index (χ1v) is 9.11. The largest absolute Gasteiger partial charge is 0.338 e. The Morgan fingerprint density at radius 1 is 1.05 bits per heavy atom. The normalized spacial score (nSPS) is 42.5. The maximum atomic E-state index is 13.3. The van der Waals surface area contributed by atoms with Crippen molar-refractivity contribution in [3.8, 4) is 0 Å². The summed E-state index contributed by atoms with van der Waals surface area (Å²) in [6, 6.07) is 0.509. The molecule has 0 aromatic rings. The minimum Gasteiger partial charge on any atom is -0.338 e. The van der Waals surface area contributed by atoms with Crippen LogP contribution in [-0.4, -0.2) is 29.3 Å². The average Bonchev–Trinajstić information content (AvgIpc) is 2.33. The van der Waals surface area contributed by atoms with Gasteiger partial charge in [0.1, 0.15) is 0 Å². The van der Waals surface area contributed by atoms with Crippen LogP contribution in [-0.2, 0) is 4.79 Å². The molecule has 5 fully saturated rings. The molecule has 0 spiro atoms. The number of hydrogen-bond acceptors (Lipinski definition) is 1. The van der Waals surface area contributed by atoms with Crippen LogP contribution in [0.2, 0.25) is 0 Å². The SMILES string of the molecule is O=C(N(CCCl)C1CCC1)C12CC3CC(CC(C3)C1)C2. The van der Waals surface area contributed by atoms with E-state index in [4.69, 9.17) is 11.6 Å². The van der Waals surface area contributed by atoms with Crippen molar-refractivity contribution >= 4 is 17.5 Å². The zero-order valence-corrected chi connectivity index (χ0v) is 13.1. The third-order valence-corrected chi connectivity index (χ3v) is 6.76. The predicted octanol–water partition coefficient (Wildman–Crippen LogP) is 3.82. The molecule has 0 aromatic heterocycles. The zero-order valence-electron chi connectivity index (χ0n) is 12.3. The lowest BCUT2D eigenvalue weighted by Crippen LogP contribution is -2.57. The quantitative estimate of drug-likeness (QED) is 0.722. The molecule has 5 saturated carbocycles. The van der Waals surface area contributed by atoms with Crippen LogP contribution in [0.3, 0.4) is 0 Å². The molecule has 112 valence electrons. The van der Waals surface area contributed by atoms with E-state index in [-0.39, 0.29) is 5.41 Å². The topological polar surface area (TPSA) is 20.3 Å². The highest BCUT2D eigenvalue weighted by Gasteiger charge is 2.56. The number of amides is 1. The minimum absolute atomic E-state index is 0.0242.